The van der Waals surface area contributed by atoms with Crippen molar-refractivity contribution in [2.24, 2.45) is 0 Å². The highest BCUT2D eigenvalue weighted by molar-refractivity contribution is 5.76. The lowest BCUT2D eigenvalue weighted by molar-refractivity contribution is -0.130. The van der Waals surface area contributed by atoms with Gasteiger partial charge < -0.3 is 10.0 Å². The molecule has 1 unspecified atom stereocenters. The highest BCUT2D eigenvalue weighted by Crippen LogP contribution is 2.01. The maximum absolute atomic E-state index is 11.5. The van der Waals surface area contributed by atoms with Crippen molar-refractivity contribution in [3.8, 4) is 0 Å². The van der Waals surface area contributed by atoms with E-state index in [1.165, 1.54) is 0 Å². The van der Waals surface area contributed by atoms with Crippen molar-refractivity contribution in [2.75, 3.05) is 13.1 Å². The van der Waals surface area contributed by atoms with E-state index in [-0.39, 0.29) is 5.91 Å². The quantitative estimate of drug-likeness (QED) is 0.626. The summed E-state index contributed by atoms with van der Waals surface area (Å²) in [6, 6.07) is 0. The molecule has 0 aliphatic heterocycles. The molecule has 0 saturated carbocycles. The molecule has 80 valence electrons. The van der Waals surface area contributed by atoms with Gasteiger partial charge in [0.2, 0.25) is 5.91 Å². The lowest BCUT2D eigenvalue weighted by Gasteiger charge is -2.19. The van der Waals surface area contributed by atoms with Crippen molar-refractivity contribution < 1.29 is 9.90 Å². The van der Waals surface area contributed by atoms with Crippen LogP contribution in [0.4, 0.5) is 0 Å². The Labute approximate surface area is 85.7 Å². The Morgan fingerprint density at radius 2 is 1.93 bits per heavy atom. The average molecular weight is 197 g/mol. The maximum Gasteiger partial charge on any atom is 0.223 e. The van der Waals surface area contributed by atoms with E-state index in [4.69, 9.17) is 5.11 Å². The number of aliphatic hydroxyl groups is 1. The number of carbonyl (C=O) groups excluding carboxylic acids is 1. The second kappa shape index (κ2) is 7.33. The van der Waals surface area contributed by atoms with E-state index in [0.717, 1.165) is 0 Å². The zero-order valence-electron chi connectivity index (χ0n) is 8.78. The van der Waals surface area contributed by atoms with Gasteiger partial charge >= 0.3 is 0 Å². The normalized spacial score (nSPS) is 11.9. The first-order chi connectivity index (χ1) is 6.61. The molecule has 0 aliphatic rings. The van der Waals surface area contributed by atoms with Crippen molar-refractivity contribution in [1.29, 1.82) is 0 Å². The fraction of sp³-hybridized carbons (Fsp3) is 0.545. The standard InChI is InChI=1S/C11H19NO2/c1-4-8-12(9-5-2)11(14)7-6-10(3)13/h4-5,10,13H,1-2,6-9H2,3H3. The molecular weight excluding hydrogens is 178 g/mol. The van der Waals surface area contributed by atoms with Gasteiger partial charge in [0.05, 0.1) is 6.10 Å². The molecule has 0 fully saturated rings. The van der Waals surface area contributed by atoms with Crippen molar-refractivity contribution in [1.82, 2.24) is 4.90 Å². The van der Waals surface area contributed by atoms with E-state index in [2.05, 4.69) is 13.2 Å². The van der Waals surface area contributed by atoms with Crippen molar-refractivity contribution in [3.05, 3.63) is 25.3 Å². The largest absolute Gasteiger partial charge is 0.393 e. The summed E-state index contributed by atoms with van der Waals surface area (Å²) in [4.78, 5) is 13.2. The molecule has 1 N–H and O–H groups in total. The molecule has 3 heteroatoms. The van der Waals surface area contributed by atoms with Gasteiger partial charge in [0, 0.05) is 19.5 Å². The minimum absolute atomic E-state index is 0.0331. The second-order valence-electron chi connectivity index (χ2n) is 3.26. The predicted octanol–water partition coefficient (Wildman–Crippen LogP) is 1.35. The van der Waals surface area contributed by atoms with E-state index >= 15 is 0 Å². The minimum atomic E-state index is -0.423. The van der Waals surface area contributed by atoms with Gasteiger partial charge in [0.15, 0.2) is 0 Å². The van der Waals surface area contributed by atoms with Crippen LogP contribution >= 0.6 is 0 Å². The molecule has 1 atom stereocenters. The molecule has 0 aromatic heterocycles. The molecule has 0 spiro atoms. The molecule has 0 aromatic rings. The third-order valence-electron chi connectivity index (χ3n) is 1.83. The zero-order chi connectivity index (χ0) is 11.0. The summed E-state index contributed by atoms with van der Waals surface area (Å²) in [5.41, 5.74) is 0. The van der Waals surface area contributed by atoms with Gasteiger partial charge in [-0.25, -0.2) is 0 Å². The van der Waals surface area contributed by atoms with Gasteiger partial charge in [-0.3, -0.25) is 4.79 Å². The summed E-state index contributed by atoms with van der Waals surface area (Å²) in [5, 5.41) is 9.03. The Morgan fingerprint density at radius 1 is 1.43 bits per heavy atom. The Kier molecular flexibility index (Phi) is 6.76. The molecular formula is C11H19NO2. The van der Waals surface area contributed by atoms with E-state index < -0.39 is 6.10 Å². The third-order valence-corrected chi connectivity index (χ3v) is 1.83. The van der Waals surface area contributed by atoms with Crippen LogP contribution in [0.25, 0.3) is 0 Å². The summed E-state index contributed by atoms with van der Waals surface area (Å²) in [6.45, 7) is 9.91. The summed E-state index contributed by atoms with van der Waals surface area (Å²) >= 11 is 0. The van der Waals surface area contributed by atoms with Crippen molar-refractivity contribution in [3.63, 3.8) is 0 Å². The van der Waals surface area contributed by atoms with Gasteiger partial charge in [-0.05, 0) is 13.3 Å². The second-order valence-corrected chi connectivity index (χ2v) is 3.26. The number of rotatable bonds is 7. The van der Waals surface area contributed by atoms with Crippen LogP contribution in [0.2, 0.25) is 0 Å². The van der Waals surface area contributed by atoms with Crippen LogP contribution in [0.1, 0.15) is 19.8 Å². The fourth-order valence-corrected chi connectivity index (χ4v) is 1.08. The smallest absolute Gasteiger partial charge is 0.223 e. The van der Waals surface area contributed by atoms with Crippen LogP contribution in [-0.2, 0) is 4.79 Å². The molecule has 0 aromatic carbocycles. The van der Waals surface area contributed by atoms with E-state index in [1.807, 2.05) is 0 Å². The molecule has 3 nitrogen and oxygen atoms in total. The third kappa shape index (κ3) is 5.54. The van der Waals surface area contributed by atoms with Gasteiger partial charge in [-0.15, -0.1) is 13.2 Å². The number of hydrogen-bond acceptors (Lipinski definition) is 2. The molecule has 0 aliphatic carbocycles. The summed E-state index contributed by atoms with van der Waals surface area (Å²) in [5.74, 6) is 0.0331. The van der Waals surface area contributed by atoms with Gasteiger partial charge in [0.1, 0.15) is 0 Å². The Bertz CT molecular complexity index is 189. The summed E-state index contributed by atoms with van der Waals surface area (Å²) in [6.07, 6.45) is 3.82. The minimum Gasteiger partial charge on any atom is -0.393 e. The fourth-order valence-electron chi connectivity index (χ4n) is 1.08. The number of carbonyl (C=O) groups is 1. The van der Waals surface area contributed by atoms with E-state index in [1.54, 1.807) is 24.0 Å². The molecule has 14 heavy (non-hydrogen) atoms. The summed E-state index contributed by atoms with van der Waals surface area (Å²) in [7, 11) is 0. The number of amides is 1. The first kappa shape index (κ1) is 12.9. The Hall–Kier alpha value is -1.09. The van der Waals surface area contributed by atoms with Gasteiger partial charge in [-0.2, -0.15) is 0 Å². The van der Waals surface area contributed by atoms with Crippen molar-refractivity contribution >= 4 is 5.91 Å². The van der Waals surface area contributed by atoms with E-state index in [9.17, 15) is 4.79 Å². The number of nitrogens with zero attached hydrogens (tertiary/aromatic N) is 1. The molecule has 0 heterocycles. The number of hydrogen-bond donors (Lipinski definition) is 1. The first-order valence-corrected chi connectivity index (χ1v) is 4.79. The maximum atomic E-state index is 11.5. The molecule has 0 saturated heterocycles. The SMILES string of the molecule is C=CCN(CC=C)C(=O)CCC(C)O. The van der Waals surface area contributed by atoms with Crippen LogP contribution < -0.4 is 0 Å². The highest BCUT2D eigenvalue weighted by Gasteiger charge is 2.10. The van der Waals surface area contributed by atoms with Gasteiger partial charge in [-0.1, -0.05) is 12.2 Å². The lowest BCUT2D eigenvalue weighted by atomic mass is 10.2. The topological polar surface area (TPSA) is 40.5 Å². The van der Waals surface area contributed by atoms with Crippen LogP contribution in [0.3, 0.4) is 0 Å². The molecule has 0 radical (unpaired) electrons. The zero-order valence-corrected chi connectivity index (χ0v) is 8.78. The van der Waals surface area contributed by atoms with Gasteiger partial charge in [0.25, 0.3) is 0 Å². The number of aliphatic hydroxyl groups excluding tert-OH is 1. The Morgan fingerprint density at radius 3 is 2.29 bits per heavy atom. The van der Waals surface area contributed by atoms with Crippen LogP contribution in [0, 0.1) is 0 Å². The summed E-state index contributed by atoms with van der Waals surface area (Å²) < 4.78 is 0. The first-order valence-electron chi connectivity index (χ1n) is 4.79. The molecule has 0 rings (SSSR count). The van der Waals surface area contributed by atoms with E-state index in [0.29, 0.717) is 25.9 Å². The molecule has 0 bridgehead atoms. The molecule has 1 amide bonds. The lowest BCUT2D eigenvalue weighted by Crippen LogP contribution is -2.31. The Balaban J connectivity index is 4.00. The van der Waals surface area contributed by atoms with Crippen LogP contribution in [0.5, 0.6) is 0 Å². The average Bonchev–Trinajstić information content (AvgIpc) is 2.14. The monoisotopic (exact) mass is 197 g/mol. The predicted molar refractivity (Wildman–Crippen MR) is 57.9 cm³/mol. The highest BCUT2D eigenvalue weighted by atomic mass is 16.3. The van der Waals surface area contributed by atoms with Crippen molar-refractivity contribution in [2.45, 2.75) is 25.9 Å². The van der Waals surface area contributed by atoms with Crippen LogP contribution in [0.15, 0.2) is 25.3 Å². The van der Waals surface area contributed by atoms with Crippen LogP contribution in [-0.4, -0.2) is 35.1 Å².